The van der Waals surface area contributed by atoms with Crippen molar-refractivity contribution in [2.45, 2.75) is 20.4 Å². The quantitative estimate of drug-likeness (QED) is 0.336. The molecule has 0 aliphatic carbocycles. The molecule has 0 fully saturated rings. The van der Waals surface area contributed by atoms with Crippen LogP contribution in [0, 0.1) is 6.92 Å². The fraction of sp³-hybridized carbons (Fsp3) is 0.160. The van der Waals surface area contributed by atoms with E-state index in [0.29, 0.717) is 34.5 Å². The number of nitrogens with one attached hydrogen (secondary N) is 1. The van der Waals surface area contributed by atoms with Gasteiger partial charge in [-0.2, -0.15) is 5.10 Å². The molecule has 4 rings (SSSR count). The maximum absolute atomic E-state index is 12.8. The molecule has 1 amide bonds. The summed E-state index contributed by atoms with van der Waals surface area (Å²) in [6.07, 6.45) is 0. The van der Waals surface area contributed by atoms with Gasteiger partial charge in [0.2, 0.25) is 5.91 Å². The third-order valence-corrected chi connectivity index (χ3v) is 5.99. The van der Waals surface area contributed by atoms with Crippen LogP contribution in [0.1, 0.15) is 11.8 Å². The second kappa shape index (κ2) is 10.5. The van der Waals surface area contributed by atoms with Crippen molar-refractivity contribution in [2.75, 3.05) is 11.9 Å². The van der Waals surface area contributed by atoms with E-state index in [1.165, 1.54) is 6.07 Å². The van der Waals surface area contributed by atoms with E-state index >= 15 is 0 Å². The van der Waals surface area contributed by atoms with Crippen molar-refractivity contribution >= 4 is 34.5 Å². The molecule has 0 aliphatic heterocycles. The van der Waals surface area contributed by atoms with Crippen LogP contribution in [0.5, 0.6) is 17.2 Å². The van der Waals surface area contributed by atoms with Crippen molar-refractivity contribution < 1.29 is 14.3 Å². The van der Waals surface area contributed by atoms with E-state index < -0.39 is 5.91 Å². The summed E-state index contributed by atoms with van der Waals surface area (Å²) in [4.78, 5) is 27.2. The van der Waals surface area contributed by atoms with Gasteiger partial charge >= 0.3 is 0 Å². The number of rotatable bonds is 8. The molecule has 0 saturated carbocycles. The second-order valence-electron chi connectivity index (χ2n) is 7.32. The largest absolute Gasteiger partial charge is 0.494 e. The minimum absolute atomic E-state index is 0.258. The van der Waals surface area contributed by atoms with Gasteiger partial charge in [0.1, 0.15) is 23.7 Å². The minimum Gasteiger partial charge on any atom is -0.494 e. The summed E-state index contributed by atoms with van der Waals surface area (Å²) in [6, 6.07) is 19.0. The number of nitrogens with zero attached hydrogens (tertiary/aromatic N) is 2. The average Bonchev–Trinajstić information content (AvgIpc) is 3.25. The Morgan fingerprint density at radius 2 is 1.82 bits per heavy atom. The standard InChI is InChI=1S/C25H22ClN3O4S/c1-3-32-18-6-8-19(9-7-18)33-22-11-5-17(26)14-21(22)27-24(30)15-29-25(31)13-10-20(28-29)23-12-4-16(2)34-23/h4-14H,3,15H2,1-2H3,(H,27,30). The van der Waals surface area contributed by atoms with Crippen LogP contribution in [0.15, 0.2) is 71.5 Å². The average molecular weight is 496 g/mol. The molecule has 7 nitrogen and oxygen atoms in total. The van der Waals surface area contributed by atoms with Crippen LogP contribution in [-0.4, -0.2) is 22.3 Å². The fourth-order valence-corrected chi connectivity index (χ4v) is 4.18. The lowest BCUT2D eigenvalue weighted by Gasteiger charge is -2.14. The molecule has 4 aromatic rings. The predicted molar refractivity (Wildman–Crippen MR) is 134 cm³/mol. The monoisotopic (exact) mass is 495 g/mol. The molecule has 0 saturated heterocycles. The van der Waals surface area contributed by atoms with Crippen LogP contribution in [0.2, 0.25) is 5.02 Å². The summed E-state index contributed by atoms with van der Waals surface area (Å²) in [6.45, 7) is 4.22. The molecule has 1 N–H and O–H groups in total. The molecular formula is C25H22ClN3O4S. The zero-order valence-electron chi connectivity index (χ0n) is 18.6. The maximum atomic E-state index is 12.8. The van der Waals surface area contributed by atoms with Crippen molar-refractivity contribution in [3.63, 3.8) is 0 Å². The minimum atomic E-state index is -0.437. The highest BCUT2D eigenvalue weighted by Crippen LogP contribution is 2.33. The summed E-state index contributed by atoms with van der Waals surface area (Å²) in [5, 5.41) is 7.56. The molecule has 174 valence electrons. The Bertz CT molecular complexity index is 1370. The summed E-state index contributed by atoms with van der Waals surface area (Å²) in [7, 11) is 0. The van der Waals surface area contributed by atoms with Crippen molar-refractivity contribution in [3.8, 4) is 27.8 Å². The lowest BCUT2D eigenvalue weighted by atomic mass is 10.2. The molecule has 2 aromatic carbocycles. The Labute approximate surface area is 205 Å². The van der Waals surface area contributed by atoms with Gasteiger partial charge in [0.15, 0.2) is 5.75 Å². The van der Waals surface area contributed by atoms with Crippen molar-refractivity contribution in [1.82, 2.24) is 9.78 Å². The van der Waals surface area contributed by atoms with Gasteiger partial charge in [-0.15, -0.1) is 11.3 Å². The van der Waals surface area contributed by atoms with Gasteiger partial charge in [-0.3, -0.25) is 9.59 Å². The molecule has 0 atom stereocenters. The third-order valence-electron chi connectivity index (χ3n) is 4.73. The molecule has 0 aliphatic rings. The van der Waals surface area contributed by atoms with Gasteiger partial charge in [0, 0.05) is 16.0 Å². The fourth-order valence-electron chi connectivity index (χ4n) is 3.18. The predicted octanol–water partition coefficient (Wildman–Crippen LogP) is 5.76. The summed E-state index contributed by atoms with van der Waals surface area (Å²) in [5.74, 6) is 1.27. The Balaban J connectivity index is 1.51. The normalized spacial score (nSPS) is 10.7. The molecule has 0 radical (unpaired) electrons. The zero-order chi connectivity index (χ0) is 24.1. The first kappa shape index (κ1) is 23.5. The van der Waals surface area contributed by atoms with E-state index in [4.69, 9.17) is 21.1 Å². The van der Waals surface area contributed by atoms with Crippen LogP contribution in [0.4, 0.5) is 5.69 Å². The van der Waals surface area contributed by atoms with Crippen LogP contribution >= 0.6 is 22.9 Å². The Morgan fingerprint density at radius 3 is 2.53 bits per heavy atom. The van der Waals surface area contributed by atoms with Gasteiger partial charge in [-0.05, 0) is 74.5 Å². The Kier molecular flexibility index (Phi) is 7.30. The van der Waals surface area contributed by atoms with E-state index in [1.54, 1.807) is 59.9 Å². The first-order valence-corrected chi connectivity index (χ1v) is 11.8. The number of ether oxygens (including phenoxy) is 2. The number of carbonyl (C=O) groups excluding carboxylic acids is 1. The third kappa shape index (κ3) is 5.84. The number of aryl methyl sites for hydroxylation is 1. The van der Waals surface area contributed by atoms with E-state index in [9.17, 15) is 9.59 Å². The number of carbonyl (C=O) groups is 1. The summed E-state index contributed by atoms with van der Waals surface area (Å²) >= 11 is 7.71. The van der Waals surface area contributed by atoms with Crippen LogP contribution in [0.3, 0.4) is 0 Å². The number of anilines is 1. The molecule has 0 spiro atoms. The number of amides is 1. The molecule has 2 heterocycles. The Hall–Kier alpha value is -3.62. The smallest absolute Gasteiger partial charge is 0.267 e. The molecule has 0 bridgehead atoms. The highest BCUT2D eigenvalue weighted by molar-refractivity contribution is 7.15. The first-order valence-electron chi connectivity index (χ1n) is 10.6. The van der Waals surface area contributed by atoms with Crippen molar-refractivity contribution in [2.24, 2.45) is 0 Å². The molecule has 0 unspecified atom stereocenters. The number of benzene rings is 2. The van der Waals surface area contributed by atoms with E-state index in [1.807, 2.05) is 26.0 Å². The second-order valence-corrected chi connectivity index (χ2v) is 9.04. The molecule has 9 heteroatoms. The van der Waals surface area contributed by atoms with E-state index in [-0.39, 0.29) is 12.1 Å². The number of thiophene rings is 1. The first-order chi connectivity index (χ1) is 16.4. The molecular weight excluding hydrogens is 474 g/mol. The van der Waals surface area contributed by atoms with Gasteiger partial charge in [-0.1, -0.05) is 11.6 Å². The van der Waals surface area contributed by atoms with Crippen LogP contribution in [0.25, 0.3) is 10.6 Å². The van der Waals surface area contributed by atoms with Gasteiger partial charge in [0.05, 0.1) is 17.2 Å². The summed E-state index contributed by atoms with van der Waals surface area (Å²) < 4.78 is 12.5. The van der Waals surface area contributed by atoms with Crippen molar-refractivity contribution in [3.05, 3.63) is 87.0 Å². The molecule has 34 heavy (non-hydrogen) atoms. The topological polar surface area (TPSA) is 82.4 Å². The molecule has 2 aromatic heterocycles. The highest BCUT2D eigenvalue weighted by Gasteiger charge is 2.13. The Morgan fingerprint density at radius 1 is 1.06 bits per heavy atom. The lowest BCUT2D eigenvalue weighted by Crippen LogP contribution is -2.29. The van der Waals surface area contributed by atoms with E-state index in [2.05, 4.69) is 10.4 Å². The van der Waals surface area contributed by atoms with Crippen LogP contribution < -0.4 is 20.3 Å². The number of hydrogen-bond donors (Lipinski definition) is 1. The van der Waals surface area contributed by atoms with Gasteiger partial charge in [-0.25, -0.2) is 4.68 Å². The van der Waals surface area contributed by atoms with E-state index in [0.717, 1.165) is 20.2 Å². The number of halogens is 1. The SMILES string of the molecule is CCOc1ccc(Oc2ccc(Cl)cc2NC(=O)Cn2nc(-c3ccc(C)s3)ccc2=O)cc1. The van der Waals surface area contributed by atoms with Crippen molar-refractivity contribution in [1.29, 1.82) is 0 Å². The van der Waals surface area contributed by atoms with Gasteiger partial charge in [0.25, 0.3) is 5.56 Å². The summed E-state index contributed by atoms with van der Waals surface area (Å²) in [5.41, 5.74) is 0.640. The van der Waals surface area contributed by atoms with Crippen LogP contribution in [-0.2, 0) is 11.3 Å². The lowest BCUT2D eigenvalue weighted by molar-refractivity contribution is -0.117. The highest BCUT2D eigenvalue weighted by atomic mass is 35.5. The van der Waals surface area contributed by atoms with Gasteiger partial charge < -0.3 is 14.8 Å². The number of aromatic nitrogens is 2. The maximum Gasteiger partial charge on any atom is 0.267 e. The number of hydrogen-bond acceptors (Lipinski definition) is 6. The zero-order valence-corrected chi connectivity index (χ0v) is 20.2.